The molecule has 5 nitrogen and oxygen atoms in total. The largest absolute Gasteiger partial charge is 0.326 e. The lowest BCUT2D eigenvalue weighted by molar-refractivity contribution is -0.118. The van der Waals surface area contributed by atoms with Crippen molar-refractivity contribution >= 4 is 23.7 Å². The highest BCUT2D eigenvalue weighted by Gasteiger charge is 2.34. The van der Waals surface area contributed by atoms with Crippen LogP contribution in [0.4, 0.5) is 5.69 Å². The number of nitrogens with zero attached hydrogens (tertiary/aromatic N) is 1. The number of anilines is 1. The molecule has 2 bridgehead atoms. The standard InChI is InChI=1S/C19H23N3O2/c1-12(2)18(23)21-17-7-5-14(6-8-17)19(24)22-20-11-16-10-13-3-4-15(16)9-13/h3-8,11-13,15-16H,9-10H2,1-2H3,(H,21,23)(H,22,24)/b20-11-/t13-,15+,16-/m1/s1. The van der Waals surface area contributed by atoms with Crippen LogP contribution < -0.4 is 10.7 Å². The van der Waals surface area contributed by atoms with Gasteiger partial charge in [0.15, 0.2) is 0 Å². The molecule has 0 radical (unpaired) electrons. The van der Waals surface area contributed by atoms with Gasteiger partial charge in [0, 0.05) is 29.3 Å². The second-order valence-electron chi connectivity index (χ2n) is 6.88. The highest BCUT2D eigenvalue weighted by molar-refractivity contribution is 5.96. The molecule has 24 heavy (non-hydrogen) atoms. The van der Waals surface area contributed by atoms with Crippen LogP contribution in [0.5, 0.6) is 0 Å². The van der Waals surface area contributed by atoms with E-state index in [4.69, 9.17) is 0 Å². The number of amides is 2. The Balaban J connectivity index is 1.51. The highest BCUT2D eigenvalue weighted by atomic mass is 16.2. The van der Waals surface area contributed by atoms with Crippen LogP contribution in [0.1, 0.15) is 37.0 Å². The topological polar surface area (TPSA) is 70.6 Å². The molecular formula is C19H23N3O2. The van der Waals surface area contributed by atoms with Crippen LogP contribution in [0.2, 0.25) is 0 Å². The fourth-order valence-corrected chi connectivity index (χ4v) is 3.24. The van der Waals surface area contributed by atoms with Gasteiger partial charge in [-0.15, -0.1) is 0 Å². The summed E-state index contributed by atoms with van der Waals surface area (Å²) < 4.78 is 0. The molecule has 1 fully saturated rings. The molecule has 0 heterocycles. The van der Waals surface area contributed by atoms with Gasteiger partial charge in [0.2, 0.25) is 5.91 Å². The second-order valence-corrected chi connectivity index (χ2v) is 6.88. The summed E-state index contributed by atoms with van der Waals surface area (Å²) in [5.74, 6) is 1.34. The lowest BCUT2D eigenvalue weighted by Crippen LogP contribution is -2.20. The Morgan fingerprint density at radius 3 is 2.50 bits per heavy atom. The van der Waals surface area contributed by atoms with Gasteiger partial charge in [-0.3, -0.25) is 9.59 Å². The fraction of sp³-hybridized carbons (Fsp3) is 0.421. The summed E-state index contributed by atoms with van der Waals surface area (Å²) in [4.78, 5) is 23.7. The number of hydrogen-bond acceptors (Lipinski definition) is 3. The van der Waals surface area contributed by atoms with E-state index in [2.05, 4.69) is 28.0 Å². The van der Waals surface area contributed by atoms with Gasteiger partial charge in [-0.25, -0.2) is 5.43 Å². The highest BCUT2D eigenvalue weighted by Crippen LogP contribution is 2.42. The van der Waals surface area contributed by atoms with Crippen molar-refractivity contribution in [3.05, 3.63) is 42.0 Å². The number of nitrogens with one attached hydrogen (secondary N) is 2. The molecule has 2 N–H and O–H groups in total. The summed E-state index contributed by atoms with van der Waals surface area (Å²) >= 11 is 0. The number of fused-ring (bicyclic) bond motifs is 2. The van der Waals surface area contributed by atoms with E-state index >= 15 is 0 Å². The fourth-order valence-electron chi connectivity index (χ4n) is 3.24. The van der Waals surface area contributed by atoms with E-state index in [1.54, 1.807) is 24.3 Å². The minimum Gasteiger partial charge on any atom is -0.326 e. The summed E-state index contributed by atoms with van der Waals surface area (Å²) in [5, 5.41) is 6.91. The van der Waals surface area contributed by atoms with E-state index in [1.165, 1.54) is 6.42 Å². The Kier molecular flexibility index (Phi) is 4.79. The number of rotatable bonds is 5. The zero-order valence-corrected chi connectivity index (χ0v) is 14.0. The van der Waals surface area contributed by atoms with Crippen molar-refractivity contribution in [1.82, 2.24) is 5.43 Å². The average Bonchev–Trinajstić information content (AvgIpc) is 3.18. The van der Waals surface area contributed by atoms with Crippen LogP contribution in [-0.2, 0) is 4.79 Å². The quantitative estimate of drug-likeness (QED) is 0.496. The minimum absolute atomic E-state index is 0.0447. The molecule has 126 valence electrons. The van der Waals surface area contributed by atoms with E-state index in [0.717, 1.165) is 6.42 Å². The van der Waals surface area contributed by atoms with Crippen molar-refractivity contribution in [2.75, 3.05) is 5.32 Å². The van der Waals surface area contributed by atoms with E-state index in [1.807, 2.05) is 20.1 Å². The van der Waals surface area contributed by atoms with Gasteiger partial charge in [0.05, 0.1) is 0 Å². The van der Waals surface area contributed by atoms with E-state index in [0.29, 0.717) is 29.0 Å². The van der Waals surface area contributed by atoms with Crippen LogP contribution in [0.25, 0.3) is 0 Å². The van der Waals surface area contributed by atoms with Gasteiger partial charge in [0.1, 0.15) is 0 Å². The molecule has 0 unspecified atom stereocenters. The Bertz CT molecular complexity index is 676. The molecule has 0 saturated heterocycles. The van der Waals surface area contributed by atoms with E-state index in [-0.39, 0.29) is 17.7 Å². The van der Waals surface area contributed by atoms with Gasteiger partial charge in [-0.1, -0.05) is 26.0 Å². The lowest BCUT2D eigenvalue weighted by Gasteiger charge is -2.12. The molecule has 1 saturated carbocycles. The number of benzene rings is 1. The number of carbonyl (C=O) groups excluding carboxylic acids is 2. The molecule has 3 rings (SSSR count). The van der Waals surface area contributed by atoms with Crippen LogP contribution in [-0.4, -0.2) is 18.0 Å². The smallest absolute Gasteiger partial charge is 0.271 e. The molecule has 3 atom stereocenters. The van der Waals surface area contributed by atoms with E-state index < -0.39 is 0 Å². The van der Waals surface area contributed by atoms with Crippen molar-refractivity contribution in [3.8, 4) is 0 Å². The van der Waals surface area contributed by atoms with E-state index in [9.17, 15) is 9.59 Å². The van der Waals surface area contributed by atoms with Crippen LogP contribution in [0, 0.1) is 23.7 Å². The molecule has 0 spiro atoms. The Morgan fingerprint density at radius 2 is 1.92 bits per heavy atom. The maximum Gasteiger partial charge on any atom is 0.271 e. The zero-order valence-electron chi connectivity index (χ0n) is 14.0. The first-order chi connectivity index (χ1) is 11.5. The first kappa shape index (κ1) is 16.4. The maximum absolute atomic E-state index is 12.1. The van der Waals surface area contributed by atoms with Gasteiger partial charge in [-0.05, 0) is 48.9 Å². The first-order valence-electron chi connectivity index (χ1n) is 8.45. The molecule has 2 aliphatic rings. The number of hydrazone groups is 1. The molecule has 0 aromatic heterocycles. The molecule has 0 aliphatic heterocycles. The third-order valence-corrected chi connectivity index (χ3v) is 4.70. The van der Waals surface area contributed by atoms with Crippen molar-refractivity contribution in [1.29, 1.82) is 0 Å². The molecule has 2 amide bonds. The van der Waals surface area contributed by atoms with Gasteiger partial charge in [-0.2, -0.15) is 5.10 Å². The SMILES string of the molecule is CC(C)C(=O)Nc1ccc(C(=O)N/N=C\[C@H]2C[C@@H]3C=C[C@H]2C3)cc1. The summed E-state index contributed by atoms with van der Waals surface area (Å²) in [7, 11) is 0. The maximum atomic E-state index is 12.1. The van der Waals surface area contributed by atoms with Crippen LogP contribution in [0.15, 0.2) is 41.5 Å². The van der Waals surface area contributed by atoms with Crippen molar-refractivity contribution < 1.29 is 9.59 Å². The number of hydrogen-bond donors (Lipinski definition) is 2. The molecule has 1 aromatic rings. The van der Waals surface area contributed by atoms with Gasteiger partial charge in [0.25, 0.3) is 5.91 Å². The Labute approximate surface area is 142 Å². The summed E-state index contributed by atoms with van der Waals surface area (Å²) in [6.07, 6.45) is 8.76. The monoisotopic (exact) mass is 325 g/mol. The zero-order chi connectivity index (χ0) is 17.1. The predicted octanol–water partition coefficient (Wildman–Crippen LogP) is 3.21. The van der Waals surface area contributed by atoms with Crippen molar-refractivity contribution in [3.63, 3.8) is 0 Å². The number of carbonyl (C=O) groups is 2. The first-order valence-corrected chi connectivity index (χ1v) is 8.45. The van der Waals surface area contributed by atoms with Crippen molar-refractivity contribution in [2.45, 2.75) is 26.7 Å². The normalized spacial score (nSPS) is 24.7. The second kappa shape index (κ2) is 6.99. The van der Waals surface area contributed by atoms with Crippen LogP contribution >= 0.6 is 0 Å². The molecular weight excluding hydrogens is 302 g/mol. The third kappa shape index (κ3) is 3.72. The Hall–Kier alpha value is -2.43. The van der Waals surface area contributed by atoms with Gasteiger partial charge >= 0.3 is 0 Å². The predicted molar refractivity (Wildman–Crippen MR) is 94.7 cm³/mol. The summed E-state index contributed by atoms with van der Waals surface area (Å²) in [6, 6.07) is 6.81. The third-order valence-electron chi connectivity index (χ3n) is 4.70. The van der Waals surface area contributed by atoms with Crippen molar-refractivity contribution in [2.24, 2.45) is 28.8 Å². The van der Waals surface area contributed by atoms with Crippen LogP contribution in [0.3, 0.4) is 0 Å². The lowest BCUT2D eigenvalue weighted by atomic mass is 9.95. The minimum atomic E-state index is -0.244. The summed E-state index contributed by atoms with van der Waals surface area (Å²) in [6.45, 7) is 3.67. The number of allylic oxidation sites excluding steroid dienone is 2. The molecule has 2 aliphatic carbocycles. The summed E-state index contributed by atoms with van der Waals surface area (Å²) in [5.41, 5.74) is 3.78. The Morgan fingerprint density at radius 1 is 1.17 bits per heavy atom. The van der Waals surface area contributed by atoms with Gasteiger partial charge < -0.3 is 5.32 Å². The molecule has 5 heteroatoms. The average molecular weight is 325 g/mol. The molecule has 1 aromatic carbocycles.